The SMILES string of the molecule is Cl.NC(=O)CSc1ccccc1C(=O)N1C2CCNCC1CC2. The standard InChI is InChI=1S/C16H21N3O2S.ClH/c17-15(20)10-22-14-4-2-1-3-13(14)16(21)19-11-5-6-12(19)9-18-8-7-11;/h1-4,11-12,18H,5-10H2,(H2,17,20);1H. The number of hydrogen-bond acceptors (Lipinski definition) is 4. The van der Waals surface area contributed by atoms with Gasteiger partial charge < -0.3 is 16.0 Å². The molecule has 1 aromatic carbocycles. The van der Waals surface area contributed by atoms with Crippen molar-refractivity contribution >= 4 is 36.0 Å². The number of amides is 2. The van der Waals surface area contributed by atoms with Gasteiger partial charge in [0.05, 0.1) is 11.3 Å². The lowest BCUT2D eigenvalue weighted by atomic mass is 10.1. The molecule has 2 bridgehead atoms. The summed E-state index contributed by atoms with van der Waals surface area (Å²) >= 11 is 1.34. The Hall–Kier alpha value is -1.24. The van der Waals surface area contributed by atoms with Crippen LogP contribution in [0.3, 0.4) is 0 Å². The average molecular weight is 356 g/mol. The smallest absolute Gasteiger partial charge is 0.255 e. The predicted octanol–water partition coefficient (Wildman–Crippen LogP) is 1.65. The summed E-state index contributed by atoms with van der Waals surface area (Å²) in [6.45, 7) is 1.85. The Kier molecular flexibility index (Phi) is 6.33. The van der Waals surface area contributed by atoms with E-state index in [1.807, 2.05) is 24.3 Å². The third kappa shape index (κ3) is 4.00. The van der Waals surface area contributed by atoms with Gasteiger partial charge in [0.2, 0.25) is 5.91 Å². The number of benzene rings is 1. The third-order valence-electron chi connectivity index (χ3n) is 4.38. The van der Waals surface area contributed by atoms with Crippen molar-refractivity contribution in [2.75, 3.05) is 18.8 Å². The van der Waals surface area contributed by atoms with Crippen LogP contribution in [0.15, 0.2) is 29.2 Å². The molecule has 0 aromatic heterocycles. The van der Waals surface area contributed by atoms with E-state index in [4.69, 9.17) is 5.73 Å². The molecular weight excluding hydrogens is 334 g/mol. The van der Waals surface area contributed by atoms with E-state index in [9.17, 15) is 9.59 Å². The van der Waals surface area contributed by atoms with E-state index in [0.717, 1.165) is 37.2 Å². The second-order valence-corrected chi connectivity index (χ2v) is 6.86. The minimum atomic E-state index is -0.369. The molecule has 3 rings (SSSR count). The van der Waals surface area contributed by atoms with Gasteiger partial charge in [0.25, 0.3) is 5.91 Å². The summed E-state index contributed by atoms with van der Waals surface area (Å²) in [6.07, 6.45) is 3.17. The summed E-state index contributed by atoms with van der Waals surface area (Å²) in [7, 11) is 0. The molecule has 2 heterocycles. The molecular formula is C16H22ClN3O2S. The minimum Gasteiger partial charge on any atom is -0.369 e. The fraction of sp³-hybridized carbons (Fsp3) is 0.500. The molecule has 0 radical (unpaired) electrons. The van der Waals surface area contributed by atoms with Crippen LogP contribution < -0.4 is 11.1 Å². The first-order chi connectivity index (χ1) is 10.7. The zero-order valence-electron chi connectivity index (χ0n) is 12.9. The average Bonchev–Trinajstić information content (AvgIpc) is 2.78. The molecule has 2 unspecified atom stereocenters. The Labute approximate surface area is 146 Å². The number of rotatable bonds is 4. The number of carbonyl (C=O) groups is 2. The minimum absolute atomic E-state index is 0. The highest BCUT2D eigenvalue weighted by molar-refractivity contribution is 8.00. The first-order valence-electron chi connectivity index (χ1n) is 7.70. The van der Waals surface area contributed by atoms with Crippen molar-refractivity contribution in [1.82, 2.24) is 10.2 Å². The molecule has 7 heteroatoms. The number of carbonyl (C=O) groups excluding carboxylic acids is 2. The van der Waals surface area contributed by atoms with E-state index in [1.165, 1.54) is 11.8 Å². The molecule has 1 aromatic rings. The number of nitrogens with two attached hydrogens (primary N) is 1. The van der Waals surface area contributed by atoms with Crippen molar-refractivity contribution in [2.45, 2.75) is 36.2 Å². The molecule has 2 fully saturated rings. The van der Waals surface area contributed by atoms with E-state index in [2.05, 4.69) is 10.2 Å². The fourth-order valence-corrected chi connectivity index (χ4v) is 4.15. The van der Waals surface area contributed by atoms with Crippen LogP contribution in [0.1, 0.15) is 29.6 Å². The van der Waals surface area contributed by atoms with Crippen molar-refractivity contribution in [3.05, 3.63) is 29.8 Å². The van der Waals surface area contributed by atoms with Gasteiger partial charge >= 0.3 is 0 Å². The Bertz CT molecular complexity index is 570. The highest BCUT2D eigenvalue weighted by Crippen LogP contribution is 2.32. The lowest BCUT2D eigenvalue weighted by Gasteiger charge is -2.28. The number of nitrogens with one attached hydrogen (secondary N) is 1. The Morgan fingerprint density at radius 2 is 1.96 bits per heavy atom. The van der Waals surface area contributed by atoms with Gasteiger partial charge in [0.1, 0.15) is 0 Å². The maximum Gasteiger partial charge on any atom is 0.255 e. The normalized spacial score (nSPS) is 23.0. The zero-order chi connectivity index (χ0) is 15.5. The topological polar surface area (TPSA) is 75.4 Å². The van der Waals surface area contributed by atoms with Crippen LogP contribution in [0.2, 0.25) is 0 Å². The van der Waals surface area contributed by atoms with Crippen LogP contribution in [-0.2, 0) is 4.79 Å². The summed E-state index contributed by atoms with van der Waals surface area (Å²) in [6, 6.07) is 8.12. The zero-order valence-corrected chi connectivity index (χ0v) is 14.5. The van der Waals surface area contributed by atoms with Gasteiger partial charge in [0, 0.05) is 23.5 Å². The first-order valence-corrected chi connectivity index (χ1v) is 8.69. The quantitative estimate of drug-likeness (QED) is 0.805. The molecule has 3 N–H and O–H groups in total. The number of primary amides is 1. The molecule has 23 heavy (non-hydrogen) atoms. The fourth-order valence-electron chi connectivity index (χ4n) is 3.37. The first kappa shape index (κ1) is 18.1. The predicted molar refractivity (Wildman–Crippen MR) is 94.1 cm³/mol. The van der Waals surface area contributed by atoms with Gasteiger partial charge in [-0.15, -0.1) is 24.2 Å². The van der Waals surface area contributed by atoms with E-state index in [0.29, 0.717) is 11.6 Å². The van der Waals surface area contributed by atoms with Crippen LogP contribution >= 0.6 is 24.2 Å². The molecule has 5 nitrogen and oxygen atoms in total. The molecule has 0 spiro atoms. The monoisotopic (exact) mass is 355 g/mol. The largest absolute Gasteiger partial charge is 0.369 e. The Balaban J connectivity index is 0.00000192. The van der Waals surface area contributed by atoms with Gasteiger partial charge in [-0.3, -0.25) is 9.59 Å². The van der Waals surface area contributed by atoms with E-state index in [1.54, 1.807) is 0 Å². The van der Waals surface area contributed by atoms with Crippen LogP contribution in [0.25, 0.3) is 0 Å². The van der Waals surface area contributed by atoms with Crippen molar-refractivity contribution in [1.29, 1.82) is 0 Å². The van der Waals surface area contributed by atoms with Gasteiger partial charge in [-0.05, 0) is 37.9 Å². The lowest BCUT2D eigenvalue weighted by Crippen LogP contribution is -2.42. The van der Waals surface area contributed by atoms with Gasteiger partial charge in [-0.1, -0.05) is 12.1 Å². The van der Waals surface area contributed by atoms with Crippen molar-refractivity contribution in [2.24, 2.45) is 5.73 Å². The number of hydrogen-bond donors (Lipinski definition) is 2. The summed E-state index contributed by atoms with van der Waals surface area (Å²) < 4.78 is 0. The molecule has 2 aliphatic heterocycles. The second kappa shape index (κ2) is 8.04. The Morgan fingerprint density at radius 1 is 1.22 bits per heavy atom. The summed E-state index contributed by atoms with van der Waals surface area (Å²) in [5, 5.41) is 3.41. The van der Waals surface area contributed by atoms with E-state index < -0.39 is 0 Å². The lowest BCUT2D eigenvalue weighted by molar-refractivity contribution is -0.115. The number of fused-ring (bicyclic) bond motifs is 2. The van der Waals surface area contributed by atoms with E-state index in [-0.39, 0.29) is 36.0 Å². The number of halogens is 1. The summed E-state index contributed by atoms with van der Waals surface area (Å²) in [5.74, 6) is -0.0892. The van der Waals surface area contributed by atoms with Gasteiger partial charge in [-0.2, -0.15) is 0 Å². The van der Waals surface area contributed by atoms with Crippen LogP contribution in [0.4, 0.5) is 0 Å². The molecule has 2 aliphatic rings. The highest BCUT2D eigenvalue weighted by Gasteiger charge is 2.38. The number of thioether (sulfide) groups is 1. The maximum atomic E-state index is 13.0. The van der Waals surface area contributed by atoms with Crippen molar-refractivity contribution in [3.8, 4) is 0 Å². The summed E-state index contributed by atoms with van der Waals surface area (Å²) in [5.41, 5.74) is 5.91. The highest BCUT2D eigenvalue weighted by atomic mass is 35.5. The second-order valence-electron chi connectivity index (χ2n) is 5.84. The molecule has 2 amide bonds. The van der Waals surface area contributed by atoms with Crippen molar-refractivity contribution in [3.63, 3.8) is 0 Å². The molecule has 0 aliphatic carbocycles. The van der Waals surface area contributed by atoms with Crippen LogP contribution in [-0.4, -0.2) is 47.6 Å². The van der Waals surface area contributed by atoms with Crippen LogP contribution in [0.5, 0.6) is 0 Å². The van der Waals surface area contributed by atoms with E-state index >= 15 is 0 Å². The molecule has 2 saturated heterocycles. The van der Waals surface area contributed by atoms with Crippen molar-refractivity contribution < 1.29 is 9.59 Å². The summed E-state index contributed by atoms with van der Waals surface area (Å²) in [4.78, 5) is 27.0. The van der Waals surface area contributed by atoms with Crippen LogP contribution in [0, 0.1) is 0 Å². The van der Waals surface area contributed by atoms with Gasteiger partial charge in [0.15, 0.2) is 0 Å². The van der Waals surface area contributed by atoms with Gasteiger partial charge in [-0.25, -0.2) is 0 Å². The molecule has 2 atom stereocenters. The molecule has 126 valence electrons. The Morgan fingerprint density at radius 3 is 2.74 bits per heavy atom. The third-order valence-corrected chi connectivity index (χ3v) is 5.47. The molecule has 0 saturated carbocycles. The maximum absolute atomic E-state index is 13.0. The number of nitrogens with zero attached hydrogens (tertiary/aromatic N) is 1.